The number of benzene rings is 1. The second-order valence-electron chi connectivity index (χ2n) is 4.85. The van der Waals surface area contributed by atoms with E-state index in [0.717, 1.165) is 29.5 Å². The minimum atomic E-state index is -3.69. The van der Waals surface area contributed by atoms with Crippen LogP contribution in [0.1, 0.15) is 21.1 Å². The molecule has 2 aromatic rings. The number of non-ortho nitro benzene ring substituents is 1. The standard InChI is InChI=1S/C13H13N3O5S2/c1-7-13(22-8(2)14-7)15-12(17)9-4-10(16(18)19)6-11(5-9)23(3,20)21/h4-6H,1-3H3,(H,15,17). The molecule has 0 unspecified atom stereocenters. The third-order valence-electron chi connectivity index (χ3n) is 2.92. The molecule has 0 aliphatic heterocycles. The van der Waals surface area contributed by atoms with Gasteiger partial charge in [0.05, 0.1) is 20.5 Å². The molecule has 1 heterocycles. The smallest absolute Gasteiger partial charge is 0.271 e. The van der Waals surface area contributed by atoms with Gasteiger partial charge in [0.2, 0.25) is 0 Å². The maximum atomic E-state index is 12.3. The first-order chi connectivity index (χ1) is 10.6. The topological polar surface area (TPSA) is 119 Å². The predicted octanol–water partition coefficient (Wildman–Crippen LogP) is 2.32. The number of amides is 1. The van der Waals surface area contributed by atoms with E-state index in [1.54, 1.807) is 13.8 Å². The summed E-state index contributed by atoms with van der Waals surface area (Å²) >= 11 is 1.26. The quantitative estimate of drug-likeness (QED) is 0.664. The second kappa shape index (κ2) is 6.05. The number of rotatable bonds is 4. The highest BCUT2D eigenvalue weighted by molar-refractivity contribution is 7.90. The van der Waals surface area contributed by atoms with E-state index in [1.807, 2.05) is 0 Å². The maximum absolute atomic E-state index is 12.3. The Labute approximate surface area is 136 Å². The normalized spacial score (nSPS) is 11.3. The van der Waals surface area contributed by atoms with Gasteiger partial charge in [0, 0.05) is 24.0 Å². The highest BCUT2D eigenvalue weighted by Crippen LogP contribution is 2.25. The minimum Gasteiger partial charge on any atom is -0.312 e. The van der Waals surface area contributed by atoms with Crippen molar-refractivity contribution in [2.45, 2.75) is 18.7 Å². The Morgan fingerprint density at radius 3 is 2.43 bits per heavy atom. The lowest BCUT2D eigenvalue weighted by Gasteiger charge is -2.06. The molecule has 0 atom stereocenters. The number of nitro groups is 1. The molecule has 8 nitrogen and oxygen atoms in total. The van der Waals surface area contributed by atoms with E-state index in [-0.39, 0.29) is 10.5 Å². The fourth-order valence-corrected chi connectivity index (χ4v) is 3.35. The summed E-state index contributed by atoms with van der Waals surface area (Å²) in [4.78, 5) is 26.4. The zero-order valence-corrected chi connectivity index (χ0v) is 14.1. The van der Waals surface area contributed by atoms with E-state index >= 15 is 0 Å². The molecule has 0 aliphatic carbocycles. The lowest BCUT2D eigenvalue weighted by Crippen LogP contribution is -2.13. The van der Waals surface area contributed by atoms with Gasteiger partial charge in [-0.2, -0.15) is 0 Å². The molecule has 2 rings (SSSR count). The number of carbonyl (C=O) groups excluding carboxylic acids is 1. The first-order valence-corrected chi connectivity index (χ1v) is 9.03. The predicted molar refractivity (Wildman–Crippen MR) is 85.7 cm³/mol. The number of hydrogen-bond acceptors (Lipinski definition) is 7. The molecule has 1 N–H and O–H groups in total. The molecule has 0 bridgehead atoms. The average molecular weight is 355 g/mol. The molecule has 23 heavy (non-hydrogen) atoms. The number of nitrogens with zero attached hydrogens (tertiary/aromatic N) is 2. The van der Waals surface area contributed by atoms with Crippen molar-refractivity contribution in [3.05, 3.63) is 44.6 Å². The van der Waals surface area contributed by atoms with Crippen LogP contribution < -0.4 is 5.32 Å². The Bertz CT molecular complexity index is 902. The molecule has 122 valence electrons. The molecule has 0 radical (unpaired) electrons. The number of carbonyl (C=O) groups is 1. The van der Waals surface area contributed by atoms with Crippen molar-refractivity contribution >= 4 is 37.8 Å². The number of anilines is 1. The van der Waals surface area contributed by atoms with Crippen LogP contribution in [0.3, 0.4) is 0 Å². The van der Waals surface area contributed by atoms with Crippen LogP contribution in [0.15, 0.2) is 23.1 Å². The van der Waals surface area contributed by atoms with Crippen molar-refractivity contribution < 1.29 is 18.1 Å². The molecule has 1 aromatic heterocycles. The number of aromatic nitrogens is 1. The molecule has 0 spiro atoms. The van der Waals surface area contributed by atoms with Gasteiger partial charge in [-0.25, -0.2) is 13.4 Å². The molecular weight excluding hydrogens is 342 g/mol. The Kier molecular flexibility index (Phi) is 4.48. The van der Waals surface area contributed by atoms with Gasteiger partial charge < -0.3 is 5.32 Å². The Morgan fingerprint density at radius 1 is 1.30 bits per heavy atom. The van der Waals surface area contributed by atoms with Crippen molar-refractivity contribution in [1.29, 1.82) is 0 Å². The van der Waals surface area contributed by atoms with Gasteiger partial charge in [-0.15, -0.1) is 11.3 Å². The van der Waals surface area contributed by atoms with E-state index in [4.69, 9.17) is 0 Å². The largest absolute Gasteiger partial charge is 0.312 e. The Morgan fingerprint density at radius 2 is 1.96 bits per heavy atom. The summed E-state index contributed by atoms with van der Waals surface area (Å²) in [5.74, 6) is -0.634. The fourth-order valence-electron chi connectivity index (χ4n) is 1.86. The third kappa shape index (κ3) is 3.90. The Hall–Kier alpha value is -2.33. The van der Waals surface area contributed by atoms with Crippen molar-refractivity contribution in [3.63, 3.8) is 0 Å². The zero-order valence-electron chi connectivity index (χ0n) is 12.5. The highest BCUT2D eigenvalue weighted by atomic mass is 32.2. The molecular formula is C13H13N3O5S2. The molecule has 1 aromatic carbocycles. The van der Waals surface area contributed by atoms with Crippen LogP contribution in [0.5, 0.6) is 0 Å². The summed E-state index contributed by atoms with van der Waals surface area (Å²) in [5.41, 5.74) is 0.0509. The summed E-state index contributed by atoms with van der Waals surface area (Å²) in [7, 11) is -3.69. The number of nitro benzene ring substituents is 1. The summed E-state index contributed by atoms with van der Waals surface area (Å²) in [5, 5.41) is 14.8. The number of hydrogen-bond donors (Lipinski definition) is 1. The molecule has 1 amide bonds. The number of sulfone groups is 1. The Balaban J connectivity index is 2.45. The van der Waals surface area contributed by atoms with Gasteiger partial charge in [-0.3, -0.25) is 14.9 Å². The van der Waals surface area contributed by atoms with Crippen LogP contribution in [0.4, 0.5) is 10.7 Å². The van der Waals surface area contributed by atoms with Crippen LogP contribution in [0.2, 0.25) is 0 Å². The molecule has 0 aliphatic rings. The summed E-state index contributed by atoms with van der Waals surface area (Å²) in [6.07, 6.45) is 0.921. The number of nitrogens with one attached hydrogen (secondary N) is 1. The summed E-state index contributed by atoms with van der Waals surface area (Å²) in [6, 6.07) is 3.07. The first kappa shape index (κ1) is 17.0. The van der Waals surface area contributed by atoms with Crippen molar-refractivity contribution in [1.82, 2.24) is 4.98 Å². The number of thiazole rings is 1. The van der Waals surface area contributed by atoms with Gasteiger partial charge in [0.1, 0.15) is 5.00 Å². The average Bonchev–Trinajstić information content (AvgIpc) is 2.75. The number of aryl methyl sites for hydroxylation is 2. The fraction of sp³-hybridized carbons (Fsp3) is 0.231. The first-order valence-electron chi connectivity index (χ1n) is 6.33. The van der Waals surface area contributed by atoms with Crippen molar-refractivity contribution in [2.24, 2.45) is 0 Å². The maximum Gasteiger partial charge on any atom is 0.271 e. The molecule has 0 fully saturated rings. The van der Waals surface area contributed by atoms with Crippen LogP contribution in [0, 0.1) is 24.0 Å². The van der Waals surface area contributed by atoms with Crippen LogP contribution in [-0.4, -0.2) is 30.5 Å². The van der Waals surface area contributed by atoms with Crippen molar-refractivity contribution in [3.8, 4) is 0 Å². The zero-order chi connectivity index (χ0) is 17.4. The second-order valence-corrected chi connectivity index (χ2v) is 8.07. The third-order valence-corrected chi connectivity index (χ3v) is 5.00. The van der Waals surface area contributed by atoms with Gasteiger partial charge >= 0.3 is 0 Å². The van der Waals surface area contributed by atoms with E-state index in [9.17, 15) is 23.3 Å². The van der Waals surface area contributed by atoms with E-state index in [1.165, 1.54) is 11.3 Å². The van der Waals surface area contributed by atoms with Crippen molar-refractivity contribution in [2.75, 3.05) is 11.6 Å². The van der Waals surface area contributed by atoms with Gasteiger partial charge in [0.25, 0.3) is 11.6 Å². The molecule has 10 heteroatoms. The monoisotopic (exact) mass is 355 g/mol. The lowest BCUT2D eigenvalue weighted by molar-refractivity contribution is -0.385. The van der Waals surface area contributed by atoms with Crippen LogP contribution in [0.25, 0.3) is 0 Å². The molecule has 0 saturated heterocycles. The van der Waals surface area contributed by atoms with Crippen LogP contribution >= 0.6 is 11.3 Å². The lowest BCUT2D eigenvalue weighted by atomic mass is 10.2. The van der Waals surface area contributed by atoms with Crippen LogP contribution in [-0.2, 0) is 9.84 Å². The van der Waals surface area contributed by atoms with E-state index < -0.39 is 26.4 Å². The highest BCUT2D eigenvalue weighted by Gasteiger charge is 2.20. The SMILES string of the molecule is Cc1nc(C)c(NC(=O)c2cc([N+](=O)[O-])cc(S(C)(=O)=O)c2)s1. The molecule has 0 saturated carbocycles. The van der Waals surface area contributed by atoms with Gasteiger partial charge in [-0.05, 0) is 19.9 Å². The van der Waals surface area contributed by atoms with Gasteiger partial charge in [0.15, 0.2) is 9.84 Å². The minimum absolute atomic E-state index is 0.106. The summed E-state index contributed by atoms with van der Waals surface area (Å²) < 4.78 is 23.3. The van der Waals surface area contributed by atoms with E-state index in [2.05, 4.69) is 10.3 Å². The summed E-state index contributed by atoms with van der Waals surface area (Å²) in [6.45, 7) is 3.50. The van der Waals surface area contributed by atoms with Gasteiger partial charge in [-0.1, -0.05) is 0 Å². The van der Waals surface area contributed by atoms with E-state index in [0.29, 0.717) is 10.7 Å².